The van der Waals surface area contributed by atoms with Gasteiger partial charge in [-0.05, 0) is 31.9 Å². The second kappa shape index (κ2) is 8.07. The molecule has 2 amide bonds. The Labute approximate surface area is 123 Å². The van der Waals surface area contributed by atoms with E-state index in [0.29, 0.717) is 12.8 Å². The first kappa shape index (κ1) is 16.7. The highest BCUT2D eigenvalue weighted by Crippen LogP contribution is 2.25. The maximum absolute atomic E-state index is 13.7. The summed E-state index contributed by atoms with van der Waals surface area (Å²) in [6, 6.07) is 3.34. The van der Waals surface area contributed by atoms with Crippen molar-refractivity contribution >= 4 is 17.6 Å². The maximum atomic E-state index is 13.7. The SMILES string of the molecule is CCC(CCO)NC(=O)NC(C)c1c(F)cccc1Cl. The van der Waals surface area contributed by atoms with Crippen LogP contribution >= 0.6 is 11.6 Å². The third kappa shape index (κ3) is 4.65. The van der Waals surface area contributed by atoms with Gasteiger partial charge in [-0.3, -0.25) is 0 Å². The van der Waals surface area contributed by atoms with E-state index in [4.69, 9.17) is 16.7 Å². The Bertz CT molecular complexity index is 437. The standard InChI is InChI=1S/C14H20ClFN2O2/c1-3-10(7-8-19)18-14(20)17-9(2)13-11(15)5-4-6-12(13)16/h4-6,9-10,19H,3,7-8H2,1-2H3,(H2,17,18,20). The molecular formula is C14H20ClFN2O2. The number of hydrogen-bond donors (Lipinski definition) is 3. The fourth-order valence-electron chi connectivity index (χ4n) is 1.95. The van der Waals surface area contributed by atoms with Crippen molar-refractivity contribution in [3.8, 4) is 0 Å². The average molecular weight is 303 g/mol. The van der Waals surface area contributed by atoms with Crippen LogP contribution in [-0.4, -0.2) is 23.8 Å². The lowest BCUT2D eigenvalue weighted by Gasteiger charge is -2.20. The van der Waals surface area contributed by atoms with Crippen molar-refractivity contribution in [2.24, 2.45) is 0 Å². The fraction of sp³-hybridized carbons (Fsp3) is 0.500. The van der Waals surface area contributed by atoms with Gasteiger partial charge in [0.25, 0.3) is 0 Å². The number of carbonyl (C=O) groups excluding carboxylic acids is 1. The summed E-state index contributed by atoms with van der Waals surface area (Å²) < 4.78 is 13.7. The molecule has 20 heavy (non-hydrogen) atoms. The summed E-state index contributed by atoms with van der Waals surface area (Å²) in [6.45, 7) is 3.59. The van der Waals surface area contributed by atoms with Crippen molar-refractivity contribution in [2.75, 3.05) is 6.61 Å². The molecule has 0 aliphatic carbocycles. The van der Waals surface area contributed by atoms with Gasteiger partial charge < -0.3 is 15.7 Å². The predicted molar refractivity (Wildman–Crippen MR) is 77.3 cm³/mol. The molecule has 0 saturated heterocycles. The molecule has 0 spiro atoms. The van der Waals surface area contributed by atoms with Crippen molar-refractivity contribution in [1.29, 1.82) is 0 Å². The third-order valence-corrected chi connectivity index (χ3v) is 3.42. The van der Waals surface area contributed by atoms with Crippen LogP contribution in [0.5, 0.6) is 0 Å². The number of rotatable bonds is 6. The Balaban J connectivity index is 2.66. The molecule has 3 N–H and O–H groups in total. The number of nitrogens with one attached hydrogen (secondary N) is 2. The second-order valence-corrected chi connectivity index (χ2v) is 5.00. The van der Waals surface area contributed by atoms with Crippen LogP contribution in [0.4, 0.5) is 9.18 Å². The van der Waals surface area contributed by atoms with Crippen LogP contribution in [0.1, 0.15) is 38.3 Å². The van der Waals surface area contributed by atoms with Crippen LogP contribution < -0.4 is 10.6 Å². The molecule has 2 atom stereocenters. The molecule has 1 aromatic carbocycles. The first-order chi connectivity index (χ1) is 9.49. The lowest BCUT2D eigenvalue weighted by Crippen LogP contribution is -2.43. The molecule has 0 aliphatic heterocycles. The zero-order chi connectivity index (χ0) is 15.1. The van der Waals surface area contributed by atoms with E-state index in [2.05, 4.69) is 10.6 Å². The van der Waals surface area contributed by atoms with Gasteiger partial charge in [-0.2, -0.15) is 0 Å². The molecule has 0 radical (unpaired) electrons. The van der Waals surface area contributed by atoms with Crippen molar-refractivity contribution in [3.63, 3.8) is 0 Å². The number of amides is 2. The Morgan fingerprint density at radius 3 is 2.70 bits per heavy atom. The number of aliphatic hydroxyl groups is 1. The number of aliphatic hydroxyl groups excluding tert-OH is 1. The molecule has 1 rings (SSSR count). The van der Waals surface area contributed by atoms with Crippen LogP contribution in [-0.2, 0) is 0 Å². The van der Waals surface area contributed by atoms with Crippen LogP contribution in [0, 0.1) is 5.82 Å². The van der Waals surface area contributed by atoms with E-state index in [1.54, 1.807) is 13.0 Å². The van der Waals surface area contributed by atoms with E-state index in [1.807, 2.05) is 6.92 Å². The third-order valence-electron chi connectivity index (χ3n) is 3.09. The van der Waals surface area contributed by atoms with Gasteiger partial charge in [0, 0.05) is 23.2 Å². The quantitative estimate of drug-likeness (QED) is 0.756. The second-order valence-electron chi connectivity index (χ2n) is 4.59. The molecule has 4 nitrogen and oxygen atoms in total. The molecule has 6 heteroatoms. The van der Waals surface area contributed by atoms with Gasteiger partial charge in [0.1, 0.15) is 5.82 Å². The van der Waals surface area contributed by atoms with E-state index in [9.17, 15) is 9.18 Å². The smallest absolute Gasteiger partial charge is 0.315 e. The lowest BCUT2D eigenvalue weighted by atomic mass is 10.1. The predicted octanol–water partition coefficient (Wildman–Crippen LogP) is 3.00. The van der Waals surface area contributed by atoms with Crippen LogP contribution in [0.2, 0.25) is 5.02 Å². The van der Waals surface area contributed by atoms with E-state index < -0.39 is 17.9 Å². The van der Waals surface area contributed by atoms with Gasteiger partial charge in [-0.1, -0.05) is 24.6 Å². The Morgan fingerprint density at radius 2 is 2.15 bits per heavy atom. The minimum atomic E-state index is -0.546. The fourth-order valence-corrected chi connectivity index (χ4v) is 2.28. The van der Waals surface area contributed by atoms with Crippen molar-refractivity contribution in [1.82, 2.24) is 10.6 Å². The molecule has 0 aliphatic rings. The van der Waals surface area contributed by atoms with E-state index >= 15 is 0 Å². The molecule has 112 valence electrons. The summed E-state index contributed by atoms with van der Waals surface area (Å²) in [5, 5.41) is 14.5. The molecular weight excluding hydrogens is 283 g/mol. The van der Waals surface area contributed by atoms with Gasteiger partial charge in [0.15, 0.2) is 0 Å². The summed E-state index contributed by atoms with van der Waals surface area (Å²) in [5.74, 6) is -0.451. The zero-order valence-corrected chi connectivity index (χ0v) is 12.4. The molecule has 0 bridgehead atoms. The molecule has 2 unspecified atom stereocenters. The van der Waals surface area contributed by atoms with Crippen LogP contribution in [0.15, 0.2) is 18.2 Å². The van der Waals surface area contributed by atoms with E-state index in [0.717, 1.165) is 0 Å². The van der Waals surface area contributed by atoms with E-state index in [1.165, 1.54) is 12.1 Å². The minimum Gasteiger partial charge on any atom is -0.396 e. The van der Waals surface area contributed by atoms with Gasteiger partial charge in [-0.15, -0.1) is 0 Å². The molecule has 0 fully saturated rings. The largest absolute Gasteiger partial charge is 0.396 e. The highest BCUT2D eigenvalue weighted by atomic mass is 35.5. The number of hydrogen-bond acceptors (Lipinski definition) is 2. The Hall–Kier alpha value is -1.33. The van der Waals surface area contributed by atoms with E-state index in [-0.39, 0.29) is 23.2 Å². The van der Waals surface area contributed by atoms with Crippen molar-refractivity contribution in [2.45, 2.75) is 38.8 Å². The number of carbonyl (C=O) groups is 1. The normalized spacial score (nSPS) is 13.7. The van der Waals surface area contributed by atoms with Gasteiger partial charge >= 0.3 is 6.03 Å². The number of urea groups is 1. The molecule has 0 saturated carbocycles. The van der Waals surface area contributed by atoms with Gasteiger partial charge in [0.05, 0.1) is 6.04 Å². The van der Waals surface area contributed by atoms with Crippen LogP contribution in [0.3, 0.4) is 0 Å². The maximum Gasteiger partial charge on any atom is 0.315 e. The zero-order valence-electron chi connectivity index (χ0n) is 11.6. The van der Waals surface area contributed by atoms with Crippen LogP contribution in [0.25, 0.3) is 0 Å². The first-order valence-electron chi connectivity index (χ1n) is 6.61. The first-order valence-corrected chi connectivity index (χ1v) is 6.99. The topological polar surface area (TPSA) is 61.4 Å². The number of benzene rings is 1. The average Bonchev–Trinajstić information content (AvgIpc) is 2.37. The van der Waals surface area contributed by atoms with Crippen molar-refractivity contribution < 1.29 is 14.3 Å². The lowest BCUT2D eigenvalue weighted by molar-refractivity contribution is 0.225. The highest BCUT2D eigenvalue weighted by Gasteiger charge is 2.18. The van der Waals surface area contributed by atoms with Gasteiger partial charge in [-0.25, -0.2) is 9.18 Å². The minimum absolute atomic E-state index is 0.00742. The summed E-state index contributed by atoms with van der Waals surface area (Å²) >= 11 is 5.95. The summed E-state index contributed by atoms with van der Waals surface area (Å²) in [5.41, 5.74) is 0.263. The summed E-state index contributed by atoms with van der Waals surface area (Å²) in [7, 11) is 0. The van der Waals surface area contributed by atoms with Gasteiger partial charge in [0.2, 0.25) is 0 Å². The molecule has 0 aromatic heterocycles. The monoisotopic (exact) mass is 302 g/mol. The Morgan fingerprint density at radius 1 is 1.45 bits per heavy atom. The summed E-state index contributed by atoms with van der Waals surface area (Å²) in [4.78, 5) is 11.8. The highest BCUT2D eigenvalue weighted by molar-refractivity contribution is 6.31. The van der Waals surface area contributed by atoms with Crippen molar-refractivity contribution in [3.05, 3.63) is 34.6 Å². The summed E-state index contributed by atoms with van der Waals surface area (Å²) in [6.07, 6.45) is 1.20. The molecule has 0 heterocycles. The molecule has 1 aromatic rings. The Kier molecular flexibility index (Phi) is 6.75. The number of halogens is 2.